The number of pyridine rings is 1. The second-order valence-corrected chi connectivity index (χ2v) is 6.37. The molecule has 3 rings (SSSR count). The van der Waals surface area contributed by atoms with Crippen LogP contribution in [0.15, 0.2) is 42.5 Å². The highest BCUT2D eigenvalue weighted by Crippen LogP contribution is 2.31. The highest BCUT2D eigenvalue weighted by atomic mass is 16.3. The molecule has 0 unspecified atom stereocenters. The van der Waals surface area contributed by atoms with E-state index in [1.807, 2.05) is 44.2 Å². The molecule has 25 heavy (non-hydrogen) atoms. The Bertz CT molecular complexity index is 948. The molecule has 0 atom stereocenters. The number of aromatic hydroxyl groups is 1. The highest BCUT2D eigenvalue weighted by Gasteiger charge is 2.10. The molecule has 1 aromatic heterocycles. The van der Waals surface area contributed by atoms with E-state index in [0.717, 1.165) is 38.9 Å². The van der Waals surface area contributed by atoms with Crippen LogP contribution in [0.4, 0.5) is 0 Å². The highest BCUT2D eigenvalue weighted by molar-refractivity contribution is 5.86. The maximum Gasteiger partial charge on any atom is 0.220 e. The van der Waals surface area contributed by atoms with Crippen molar-refractivity contribution in [2.24, 2.45) is 0 Å². The number of nitrogens with zero attached hydrogens (tertiary/aromatic N) is 1. The number of hydrogen-bond donors (Lipinski definition) is 2. The van der Waals surface area contributed by atoms with Gasteiger partial charge in [0.2, 0.25) is 5.91 Å². The van der Waals surface area contributed by atoms with Crippen molar-refractivity contribution in [3.8, 4) is 17.0 Å². The number of rotatable bonds is 4. The first kappa shape index (κ1) is 17.0. The smallest absolute Gasteiger partial charge is 0.220 e. The fourth-order valence-corrected chi connectivity index (χ4v) is 2.98. The molecule has 0 radical (unpaired) electrons. The van der Waals surface area contributed by atoms with Gasteiger partial charge in [-0.05, 0) is 61.2 Å². The molecule has 1 amide bonds. The van der Waals surface area contributed by atoms with Gasteiger partial charge in [0.1, 0.15) is 5.75 Å². The predicted molar refractivity (Wildman–Crippen MR) is 101 cm³/mol. The Hall–Kier alpha value is -2.88. The van der Waals surface area contributed by atoms with Crippen LogP contribution >= 0.6 is 0 Å². The fraction of sp³-hybridized carbons (Fsp3) is 0.238. The molecule has 4 nitrogen and oxygen atoms in total. The Kier molecular flexibility index (Phi) is 4.70. The van der Waals surface area contributed by atoms with Crippen molar-refractivity contribution < 1.29 is 9.90 Å². The van der Waals surface area contributed by atoms with Crippen LogP contribution in [0.1, 0.15) is 23.1 Å². The number of phenols is 1. The van der Waals surface area contributed by atoms with E-state index in [1.54, 1.807) is 13.1 Å². The van der Waals surface area contributed by atoms with Crippen molar-refractivity contribution in [3.63, 3.8) is 0 Å². The van der Waals surface area contributed by atoms with Gasteiger partial charge in [0, 0.05) is 24.4 Å². The molecular weight excluding hydrogens is 312 g/mol. The van der Waals surface area contributed by atoms with Gasteiger partial charge < -0.3 is 10.4 Å². The van der Waals surface area contributed by atoms with E-state index in [9.17, 15) is 9.90 Å². The van der Waals surface area contributed by atoms with E-state index in [0.29, 0.717) is 12.8 Å². The second kappa shape index (κ2) is 6.93. The molecule has 0 aliphatic heterocycles. The molecule has 0 saturated carbocycles. The van der Waals surface area contributed by atoms with Crippen LogP contribution < -0.4 is 5.32 Å². The number of carbonyl (C=O) groups excluding carboxylic acids is 1. The minimum absolute atomic E-state index is 0.0302. The fourth-order valence-electron chi connectivity index (χ4n) is 2.98. The van der Waals surface area contributed by atoms with E-state index in [2.05, 4.69) is 11.4 Å². The summed E-state index contributed by atoms with van der Waals surface area (Å²) < 4.78 is 0. The summed E-state index contributed by atoms with van der Waals surface area (Å²) in [6.07, 6.45) is 1.13. The Morgan fingerprint density at radius 1 is 1.12 bits per heavy atom. The number of aryl methyl sites for hydroxylation is 3. The first-order valence-electron chi connectivity index (χ1n) is 8.39. The molecule has 3 aromatic rings. The third-order valence-corrected chi connectivity index (χ3v) is 4.43. The van der Waals surface area contributed by atoms with Crippen LogP contribution in [-0.2, 0) is 11.2 Å². The van der Waals surface area contributed by atoms with Crippen LogP contribution in [0.5, 0.6) is 5.75 Å². The third-order valence-electron chi connectivity index (χ3n) is 4.43. The lowest BCUT2D eigenvalue weighted by molar-refractivity contribution is -0.120. The topological polar surface area (TPSA) is 62.2 Å². The molecule has 0 aliphatic carbocycles. The molecule has 2 aromatic carbocycles. The summed E-state index contributed by atoms with van der Waals surface area (Å²) >= 11 is 0. The lowest BCUT2D eigenvalue weighted by Gasteiger charge is -2.10. The zero-order valence-electron chi connectivity index (χ0n) is 14.8. The van der Waals surface area contributed by atoms with Gasteiger partial charge in [-0.2, -0.15) is 0 Å². The molecule has 1 heterocycles. The lowest BCUT2D eigenvalue weighted by Crippen LogP contribution is -2.17. The van der Waals surface area contributed by atoms with Gasteiger partial charge in [-0.1, -0.05) is 18.2 Å². The lowest BCUT2D eigenvalue weighted by atomic mass is 10.0. The van der Waals surface area contributed by atoms with Crippen LogP contribution in [0.2, 0.25) is 0 Å². The summed E-state index contributed by atoms with van der Waals surface area (Å²) in [6.45, 7) is 3.99. The van der Waals surface area contributed by atoms with Crippen LogP contribution in [0.25, 0.3) is 22.2 Å². The van der Waals surface area contributed by atoms with Crippen molar-refractivity contribution >= 4 is 16.8 Å². The molecular formula is C21H22N2O2. The minimum Gasteiger partial charge on any atom is -0.507 e. The van der Waals surface area contributed by atoms with Crippen LogP contribution in [-0.4, -0.2) is 23.0 Å². The average molecular weight is 334 g/mol. The largest absolute Gasteiger partial charge is 0.507 e. The first-order valence-corrected chi connectivity index (χ1v) is 8.39. The van der Waals surface area contributed by atoms with Gasteiger partial charge in [-0.15, -0.1) is 0 Å². The summed E-state index contributed by atoms with van der Waals surface area (Å²) in [6, 6.07) is 13.7. The van der Waals surface area contributed by atoms with Gasteiger partial charge in [0.05, 0.1) is 11.2 Å². The SMILES string of the molecule is CNC(=O)CCc1ccc2c(C)cc(-c3ccc(C)cc3O)nc2c1. The molecule has 0 aliphatic rings. The maximum absolute atomic E-state index is 11.5. The standard InChI is InChI=1S/C21H22N2O2/c1-13-4-7-17(20(24)10-13)18-11-14(2)16-8-5-15(12-19(16)23-18)6-9-21(25)22-3/h4-5,7-8,10-12,24H,6,9H2,1-3H3,(H,22,25). The maximum atomic E-state index is 11.5. The number of fused-ring (bicyclic) bond motifs is 1. The van der Waals surface area contributed by atoms with Crippen molar-refractivity contribution in [1.82, 2.24) is 10.3 Å². The van der Waals surface area contributed by atoms with E-state index >= 15 is 0 Å². The normalized spacial score (nSPS) is 10.8. The van der Waals surface area contributed by atoms with Gasteiger partial charge in [0.25, 0.3) is 0 Å². The summed E-state index contributed by atoms with van der Waals surface area (Å²) in [5, 5.41) is 14.0. The van der Waals surface area contributed by atoms with E-state index in [1.165, 1.54) is 0 Å². The number of nitrogens with one attached hydrogen (secondary N) is 1. The first-order chi connectivity index (χ1) is 12.0. The van der Waals surface area contributed by atoms with Crippen molar-refractivity contribution in [2.45, 2.75) is 26.7 Å². The van der Waals surface area contributed by atoms with Gasteiger partial charge in [0.15, 0.2) is 0 Å². The van der Waals surface area contributed by atoms with E-state index in [-0.39, 0.29) is 11.7 Å². The van der Waals surface area contributed by atoms with Gasteiger partial charge in [-0.3, -0.25) is 4.79 Å². The Morgan fingerprint density at radius 2 is 1.92 bits per heavy atom. The van der Waals surface area contributed by atoms with Gasteiger partial charge in [-0.25, -0.2) is 4.98 Å². The quantitative estimate of drug-likeness (QED) is 0.760. The van der Waals surface area contributed by atoms with Crippen molar-refractivity contribution in [3.05, 3.63) is 59.2 Å². The number of benzene rings is 2. The molecule has 128 valence electrons. The Labute approximate surface area is 147 Å². The van der Waals surface area contributed by atoms with Crippen LogP contribution in [0, 0.1) is 13.8 Å². The van der Waals surface area contributed by atoms with Crippen LogP contribution in [0.3, 0.4) is 0 Å². The second-order valence-electron chi connectivity index (χ2n) is 6.37. The molecule has 4 heteroatoms. The monoisotopic (exact) mass is 334 g/mol. The molecule has 0 fully saturated rings. The summed E-state index contributed by atoms with van der Waals surface area (Å²) in [4.78, 5) is 16.2. The molecule has 0 spiro atoms. The summed E-state index contributed by atoms with van der Waals surface area (Å²) in [5.41, 5.74) is 5.56. The Morgan fingerprint density at radius 3 is 2.64 bits per heavy atom. The summed E-state index contributed by atoms with van der Waals surface area (Å²) in [5.74, 6) is 0.268. The minimum atomic E-state index is 0.0302. The zero-order chi connectivity index (χ0) is 18.0. The zero-order valence-corrected chi connectivity index (χ0v) is 14.8. The predicted octanol–water partition coefficient (Wildman–Crippen LogP) is 3.90. The number of carbonyl (C=O) groups is 1. The number of phenolic OH excluding ortho intramolecular Hbond substituents is 1. The molecule has 0 saturated heterocycles. The van der Waals surface area contributed by atoms with Crippen molar-refractivity contribution in [1.29, 1.82) is 0 Å². The number of aromatic nitrogens is 1. The average Bonchev–Trinajstić information content (AvgIpc) is 2.59. The van der Waals surface area contributed by atoms with Gasteiger partial charge >= 0.3 is 0 Å². The molecule has 2 N–H and O–H groups in total. The van der Waals surface area contributed by atoms with E-state index < -0.39 is 0 Å². The summed E-state index contributed by atoms with van der Waals surface area (Å²) in [7, 11) is 1.65. The Balaban J connectivity index is 2.02. The molecule has 0 bridgehead atoms. The number of amides is 1. The van der Waals surface area contributed by atoms with Crippen molar-refractivity contribution in [2.75, 3.05) is 7.05 Å². The number of hydrogen-bond acceptors (Lipinski definition) is 3. The van der Waals surface area contributed by atoms with E-state index in [4.69, 9.17) is 4.98 Å². The third kappa shape index (κ3) is 3.63.